The van der Waals surface area contributed by atoms with E-state index in [0.29, 0.717) is 11.3 Å². The fraction of sp³-hybridized carbons (Fsp3) is 0.152. The molecule has 0 bridgehead atoms. The molecule has 1 saturated heterocycles. The maximum atomic E-state index is 12.7. The van der Waals surface area contributed by atoms with Gasteiger partial charge in [0.1, 0.15) is 5.75 Å². The Hall–Kier alpha value is -5.64. The molecule has 43 heavy (non-hydrogen) atoms. The Labute approximate surface area is 246 Å². The van der Waals surface area contributed by atoms with Gasteiger partial charge in [0.25, 0.3) is 5.69 Å². The van der Waals surface area contributed by atoms with E-state index in [2.05, 4.69) is 0 Å². The van der Waals surface area contributed by atoms with Gasteiger partial charge in [-0.3, -0.25) is 24.5 Å². The molecule has 0 unspecified atom stereocenters. The van der Waals surface area contributed by atoms with Crippen LogP contribution in [0.2, 0.25) is 0 Å². The second-order valence-electron chi connectivity index (χ2n) is 10.1. The number of rotatable bonds is 9. The molecule has 0 N–H and O–H groups in total. The molecular formula is C33H26N2O8. The second kappa shape index (κ2) is 12.5. The summed E-state index contributed by atoms with van der Waals surface area (Å²) >= 11 is 0. The lowest BCUT2D eigenvalue weighted by Crippen LogP contribution is -2.27. The van der Waals surface area contributed by atoms with Crippen molar-refractivity contribution in [3.05, 3.63) is 124 Å². The van der Waals surface area contributed by atoms with Crippen molar-refractivity contribution in [1.29, 1.82) is 0 Å². The Morgan fingerprint density at radius 1 is 0.837 bits per heavy atom. The van der Waals surface area contributed by atoms with Crippen LogP contribution in [0.5, 0.6) is 5.75 Å². The number of esters is 2. The molecule has 0 saturated carbocycles. The van der Waals surface area contributed by atoms with Gasteiger partial charge in [-0.15, -0.1) is 0 Å². The molecule has 1 heterocycles. The Balaban J connectivity index is 1.12. The van der Waals surface area contributed by atoms with Crippen LogP contribution in [0.1, 0.15) is 32.7 Å². The zero-order valence-corrected chi connectivity index (χ0v) is 23.1. The van der Waals surface area contributed by atoms with Gasteiger partial charge in [0.15, 0.2) is 12.4 Å². The minimum absolute atomic E-state index is 0.00238. The molecule has 5 rings (SSSR count). The third kappa shape index (κ3) is 6.82. The van der Waals surface area contributed by atoms with Gasteiger partial charge < -0.3 is 14.4 Å². The highest BCUT2D eigenvalue weighted by molar-refractivity contribution is 6.01. The van der Waals surface area contributed by atoms with Crippen molar-refractivity contribution in [3.63, 3.8) is 0 Å². The molecule has 216 valence electrons. The van der Waals surface area contributed by atoms with Crippen molar-refractivity contribution < 1.29 is 33.6 Å². The van der Waals surface area contributed by atoms with Crippen LogP contribution in [-0.2, 0) is 14.3 Å². The number of nitro benzene ring substituents is 1. The number of carbonyl (C=O) groups excluding carboxylic acids is 4. The summed E-state index contributed by atoms with van der Waals surface area (Å²) < 4.78 is 10.6. The van der Waals surface area contributed by atoms with E-state index in [0.717, 1.165) is 16.7 Å². The van der Waals surface area contributed by atoms with Crippen LogP contribution in [0.25, 0.3) is 11.1 Å². The van der Waals surface area contributed by atoms with Crippen LogP contribution in [0, 0.1) is 23.0 Å². The van der Waals surface area contributed by atoms with Crippen molar-refractivity contribution in [2.45, 2.75) is 13.3 Å². The van der Waals surface area contributed by atoms with E-state index in [9.17, 15) is 29.3 Å². The van der Waals surface area contributed by atoms with Crippen LogP contribution in [-0.4, -0.2) is 41.7 Å². The minimum atomic E-state index is -0.724. The third-order valence-electron chi connectivity index (χ3n) is 7.07. The molecule has 1 aliphatic heterocycles. The zero-order valence-electron chi connectivity index (χ0n) is 23.1. The number of aryl methyl sites for hydroxylation is 1. The highest BCUT2D eigenvalue weighted by atomic mass is 16.6. The van der Waals surface area contributed by atoms with E-state index in [1.807, 2.05) is 19.1 Å². The van der Waals surface area contributed by atoms with E-state index in [1.54, 1.807) is 48.5 Å². The largest absolute Gasteiger partial charge is 0.457 e. The highest BCUT2D eigenvalue weighted by Crippen LogP contribution is 2.29. The SMILES string of the molecule is Cc1ccc(C(=O)Oc2ccc(C(=O)COC(=O)[C@H]3CC(=O)N(c4ccc(-c5ccc([N+](=O)[O-])cc5)cc4)C3)cc2)cc1. The Morgan fingerprint density at radius 3 is 2.02 bits per heavy atom. The molecular weight excluding hydrogens is 552 g/mol. The fourth-order valence-electron chi connectivity index (χ4n) is 4.63. The zero-order chi connectivity index (χ0) is 30.5. The second-order valence-corrected chi connectivity index (χ2v) is 10.1. The van der Waals surface area contributed by atoms with Crippen LogP contribution >= 0.6 is 0 Å². The summed E-state index contributed by atoms with van der Waals surface area (Å²) in [4.78, 5) is 62.2. The van der Waals surface area contributed by atoms with Crippen molar-refractivity contribution in [2.24, 2.45) is 5.92 Å². The normalized spacial score (nSPS) is 14.3. The topological polar surface area (TPSA) is 133 Å². The van der Waals surface area contributed by atoms with Crippen molar-refractivity contribution in [1.82, 2.24) is 0 Å². The molecule has 1 amide bonds. The summed E-state index contributed by atoms with van der Waals surface area (Å²) in [5.41, 5.74) is 3.90. The Bertz CT molecular complexity index is 1680. The maximum Gasteiger partial charge on any atom is 0.343 e. The molecule has 0 aromatic heterocycles. The van der Waals surface area contributed by atoms with Gasteiger partial charge in [-0.05, 0) is 78.7 Å². The number of benzene rings is 4. The number of non-ortho nitro benzene ring substituents is 1. The lowest BCUT2D eigenvalue weighted by atomic mass is 10.0. The van der Waals surface area contributed by atoms with Gasteiger partial charge in [0.2, 0.25) is 5.91 Å². The first-order chi connectivity index (χ1) is 20.7. The number of Topliss-reactive ketones (excluding diaryl/α,β-unsaturated/α-hetero) is 1. The summed E-state index contributed by atoms with van der Waals surface area (Å²) in [6, 6.07) is 26.1. The van der Waals surface area contributed by atoms with Gasteiger partial charge in [0, 0.05) is 36.3 Å². The number of hydrogen-bond donors (Lipinski definition) is 0. The van der Waals surface area contributed by atoms with Crippen LogP contribution in [0.4, 0.5) is 11.4 Å². The summed E-state index contributed by atoms with van der Waals surface area (Å²) in [6.07, 6.45) is -0.0435. The number of carbonyl (C=O) groups is 4. The molecule has 1 aliphatic rings. The van der Waals surface area contributed by atoms with E-state index in [-0.39, 0.29) is 35.9 Å². The summed E-state index contributed by atoms with van der Waals surface area (Å²) in [5, 5.41) is 10.9. The van der Waals surface area contributed by atoms with Crippen molar-refractivity contribution in [3.8, 4) is 16.9 Å². The summed E-state index contributed by atoms with van der Waals surface area (Å²) in [7, 11) is 0. The Morgan fingerprint density at radius 2 is 1.42 bits per heavy atom. The molecule has 10 nitrogen and oxygen atoms in total. The molecule has 1 fully saturated rings. The van der Waals surface area contributed by atoms with Crippen LogP contribution in [0.3, 0.4) is 0 Å². The first-order valence-electron chi connectivity index (χ1n) is 13.4. The minimum Gasteiger partial charge on any atom is -0.457 e. The lowest BCUT2D eigenvalue weighted by Gasteiger charge is -2.17. The fourth-order valence-corrected chi connectivity index (χ4v) is 4.63. The van der Waals surface area contributed by atoms with Crippen LogP contribution in [0.15, 0.2) is 97.1 Å². The monoisotopic (exact) mass is 578 g/mol. The first kappa shape index (κ1) is 28.9. The highest BCUT2D eigenvalue weighted by Gasteiger charge is 2.36. The number of amides is 1. The quantitative estimate of drug-likeness (QED) is 0.0828. The van der Waals surface area contributed by atoms with Crippen molar-refractivity contribution >= 4 is 35.0 Å². The number of nitrogens with zero attached hydrogens (tertiary/aromatic N) is 2. The number of ether oxygens (including phenoxy) is 2. The summed E-state index contributed by atoms with van der Waals surface area (Å²) in [5.74, 6) is -2.30. The molecule has 10 heteroatoms. The average Bonchev–Trinajstić information content (AvgIpc) is 3.42. The number of ketones is 1. The number of hydrogen-bond acceptors (Lipinski definition) is 8. The van der Waals surface area contributed by atoms with Crippen LogP contribution < -0.4 is 9.64 Å². The lowest BCUT2D eigenvalue weighted by molar-refractivity contribution is -0.384. The molecule has 4 aromatic rings. The third-order valence-corrected chi connectivity index (χ3v) is 7.07. The first-order valence-corrected chi connectivity index (χ1v) is 13.4. The number of nitro groups is 1. The van der Waals surface area contributed by atoms with Gasteiger partial charge in [0.05, 0.1) is 16.4 Å². The van der Waals surface area contributed by atoms with E-state index in [1.165, 1.54) is 41.3 Å². The van der Waals surface area contributed by atoms with Gasteiger partial charge in [-0.2, -0.15) is 0 Å². The average molecular weight is 579 g/mol. The van der Waals surface area contributed by atoms with Gasteiger partial charge >= 0.3 is 11.9 Å². The molecule has 0 radical (unpaired) electrons. The maximum absolute atomic E-state index is 12.7. The number of anilines is 1. The molecule has 1 atom stereocenters. The summed E-state index contributed by atoms with van der Waals surface area (Å²) in [6.45, 7) is 1.54. The van der Waals surface area contributed by atoms with E-state index in [4.69, 9.17) is 9.47 Å². The van der Waals surface area contributed by atoms with E-state index < -0.39 is 35.2 Å². The smallest absolute Gasteiger partial charge is 0.343 e. The predicted molar refractivity (Wildman–Crippen MR) is 157 cm³/mol. The predicted octanol–water partition coefficient (Wildman–Crippen LogP) is 5.57. The van der Waals surface area contributed by atoms with E-state index >= 15 is 0 Å². The van der Waals surface area contributed by atoms with Gasteiger partial charge in [-0.1, -0.05) is 29.8 Å². The molecule has 4 aromatic carbocycles. The standard InChI is InChI=1S/C33H26N2O8/c1-21-2-4-25(5-3-21)33(39)43-29-16-10-24(11-17-29)30(36)20-42-32(38)26-18-31(37)34(19-26)27-12-6-22(7-13-27)23-8-14-28(15-9-23)35(40)41/h2-17,26H,18-20H2,1H3/t26-/m0/s1. The molecule has 0 spiro atoms. The Kier molecular flexibility index (Phi) is 8.38. The molecule has 0 aliphatic carbocycles. The van der Waals surface area contributed by atoms with Gasteiger partial charge in [-0.25, -0.2) is 4.79 Å². The van der Waals surface area contributed by atoms with Crippen molar-refractivity contribution in [2.75, 3.05) is 18.1 Å².